The fraction of sp³-hybridized carbons (Fsp3) is 0.250. The predicted octanol–water partition coefficient (Wildman–Crippen LogP) is 2.62. The van der Waals surface area contributed by atoms with Crippen LogP contribution in [0.1, 0.15) is 15.4 Å². The van der Waals surface area contributed by atoms with Crippen molar-refractivity contribution in [2.24, 2.45) is 7.05 Å². The second-order valence-corrected chi connectivity index (χ2v) is 5.95. The molecule has 0 radical (unpaired) electrons. The van der Waals surface area contributed by atoms with Crippen LogP contribution in [0.4, 0.5) is 0 Å². The van der Waals surface area contributed by atoms with Gasteiger partial charge < -0.3 is 14.6 Å². The SMILES string of the molecule is COc1ccc2c(c1)c(C(=O)NCCc1nccs1)cn2C. The molecule has 5 nitrogen and oxygen atoms in total. The highest BCUT2D eigenvalue weighted by atomic mass is 32.1. The number of benzene rings is 1. The van der Waals surface area contributed by atoms with Crippen molar-refractivity contribution in [1.29, 1.82) is 0 Å². The lowest BCUT2D eigenvalue weighted by Crippen LogP contribution is -2.25. The molecular weight excluding hydrogens is 298 g/mol. The number of carbonyl (C=O) groups is 1. The number of methoxy groups -OCH3 is 1. The predicted molar refractivity (Wildman–Crippen MR) is 87.6 cm³/mol. The van der Waals surface area contributed by atoms with Crippen molar-refractivity contribution in [3.63, 3.8) is 0 Å². The smallest absolute Gasteiger partial charge is 0.253 e. The molecule has 2 heterocycles. The fourth-order valence-corrected chi connectivity index (χ4v) is 3.05. The summed E-state index contributed by atoms with van der Waals surface area (Å²) in [5.74, 6) is 0.672. The van der Waals surface area contributed by atoms with E-state index < -0.39 is 0 Å². The summed E-state index contributed by atoms with van der Waals surface area (Å²) in [5.41, 5.74) is 1.67. The van der Waals surface area contributed by atoms with E-state index in [1.54, 1.807) is 24.6 Å². The molecule has 3 rings (SSSR count). The van der Waals surface area contributed by atoms with Gasteiger partial charge in [0.2, 0.25) is 0 Å². The first-order valence-corrected chi connectivity index (χ1v) is 7.86. The van der Waals surface area contributed by atoms with Crippen LogP contribution in [0.3, 0.4) is 0 Å². The van der Waals surface area contributed by atoms with E-state index in [4.69, 9.17) is 4.74 Å². The van der Waals surface area contributed by atoms with E-state index >= 15 is 0 Å². The number of thiazole rings is 1. The molecule has 0 saturated heterocycles. The van der Waals surface area contributed by atoms with Crippen molar-refractivity contribution in [3.05, 3.63) is 46.5 Å². The van der Waals surface area contributed by atoms with Crippen molar-refractivity contribution in [1.82, 2.24) is 14.9 Å². The van der Waals surface area contributed by atoms with Gasteiger partial charge in [-0.25, -0.2) is 4.98 Å². The molecule has 2 aromatic heterocycles. The van der Waals surface area contributed by atoms with E-state index in [1.165, 1.54) is 0 Å². The van der Waals surface area contributed by atoms with E-state index in [0.717, 1.165) is 28.1 Å². The van der Waals surface area contributed by atoms with Crippen LogP contribution in [0.15, 0.2) is 36.0 Å². The molecular formula is C16H17N3O2S. The molecule has 0 aliphatic carbocycles. The summed E-state index contributed by atoms with van der Waals surface area (Å²) >= 11 is 1.60. The summed E-state index contributed by atoms with van der Waals surface area (Å²) in [6.45, 7) is 0.576. The van der Waals surface area contributed by atoms with E-state index in [2.05, 4.69) is 10.3 Å². The van der Waals surface area contributed by atoms with Gasteiger partial charge >= 0.3 is 0 Å². The van der Waals surface area contributed by atoms with Gasteiger partial charge in [-0.15, -0.1) is 11.3 Å². The Hall–Kier alpha value is -2.34. The first-order chi connectivity index (χ1) is 10.7. The normalized spacial score (nSPS) is 10.8. The van der Waals surface area contributed by atoms with Crippen molar-refractivity contribution >= 4 is 28.1 Å². The van der Waals surface area contributed by atoms with Crippen LogP contribution in [-0.4, -0.2) is 29.1 Å². The van der Waals surface area contributed by atoms with Gasteiger partial charge in [0.05, 0.1) is 17.7 Å². The number of ether oxygens (including phenoxy) is 1. The van der Waals surface area contributed by atoms with Gasteiger partial charge in [0.1, 0.15) is 5.75 Å². The molecule has 0 fully saturated rings. The number of aryl methyl sites for hydroxylation is 1. The highest BCUT2D eigenvalue weighted by Gasteiger charge is 2.14. The summed E-state index contributed by atoms with van der Waals surface area (Å²) in [7, 11) is 3.55. The van der Waals surface area contributed by atoms with Gasteiger partial charge in [0.15, 0.2) is 0 Å². The maximum absolute atomic E-state index is 12.4. The van der Waals surface area contributed by atoms with Gasteiger partial charge in [-0.1, -0.05) is 0 Å². The van der Waals surface area contributed by atoms with Gasteiger partial charge in [0, 0.05) is 48.7 Å². The van der Waals surface area contributed by atoms with Crippen molar-refractivity contribution in [2.75, 3.05) is 13.7 Å². The molecule has 0 bridgehead atoms. The Labute approximate surface area is 132 Å². The summed E-state index contributed by atoms with van der Waals surface area (Å²) in [6, 6.07) is 5.75. The molecule has 6 heteroatoms. The number of nitrogens with one attached hydrogen (secondary N) is 1. The number of rotatable bonds is 5. The Kier molecular flexibility index (Phi) is 4.11. The lowest BCUT2D eigenvalue weighted by atomic mass is 10.1. The molecule has 3 aromatic rings. The molecule has 1 aromatic carbocycles. The zero-order chi connectivity index (χ0) is 15.5. The number of amides is 1. The lowest BCUT2D eigenvalue weighted by Gasteiger charge is -2.04. The van der Waals surface area contributed by atoms with Crippen LogP contribution >= 0.6 is 11.3 Å². The molecule has 0 spiro atoms. The van der Waals surface area contributed by atoms with Gasteiger partial charge in [-0.3, -0.25) is 4.79 Å². The summed E-state index contributed by atoms with van der Waals surface area (Å²) in [4.78, 5) is 16.6. The standard InChI is InChI=1S/C16H17N3O2S/c1-19-10-13(12-9-11(21-2)3-4-14(12)19)16(20)18-6-5-15-17-7-8-22-15/h3-4,7-10H,5-6H2,1-2H3,(H,18,20). The average molecular weight is 315 g/mol. The number of fused-ring (bicyclic) bond motifs is 1. The molecule has 0 saturated carbocycles. The highest BCUT2D eigenvalue weighted by Crippen LogP contribution is 2.25. The maximum atomic E-state index is 12.4. The summed E-state index contributed by atoms with van der Waals surface area (Å²) < 4.78 is 7.20. The average Bonchev–Trinajstić information content (AvgIpc) is 3.15. The molecule has 114 valence electrons. The van der Waals surface area contributed by atoms with E-state index in [0.29, 0.717) is 12.1 Å². The van der Waals surface area contributed by atoms with Gasteiger partial charge in [-0.2, -0.15) is 0 Å². The minimum atomic E-state index is -0.0737. The molecule has 0 aliphatic rings. The zero-order valence-electron chi connectivity index (χ0n) is 12.5. The minimum Gasteiger partial charge on any atom is -0.497 e. The monoisotopic (exact) mass is 315 g/mol. The third-order valence-electron chi connectivity index (χ3n) is 3.55. The zero-order valence-corrected chi connectivity index (χ0v) is 13.3. The van der Waals surface area contributed by atoms with E-state index in [1.807, 2.05) is 41.4 Å². The summed E-state index contributed by atoms with van der Waals surface area (Å²) in [6.07, 6.45) is 4.37. The number of aromatic nitrogens is 2. The third kappa shape index (κ3) is 2.82. The van der Waals surface area contributed by atoms with Crippen molar-refractivity contribution < 1.29 is 9.53 Å². The highest BCUT2D eigenvalue weighted by molar-refractivity contribution is 7.09. The lowest BCUT2D eigenvalue weighted by molar-refractivity contribution is 0.0955. The summed E-state index contributed by atoms with van der Waals surface area (Å²) in [5, 5.41) is 6.82. The van der Waals surface area contributed by atoms with Crippen LogP contribution < -0.4 is 10.1 Å². The maximum Gasteiger partial charge on any atom is 0.253 e. The molecule has 0 atom stereocenters. The minimum absolute atomic E-state index is 0.0737. The largest absolute Gasteiger partial charge is 0.497 e. The van der Waals surface area contributed by atoms with Crippen LogP contribution in [0.2, 0.25) is 0 Å². The number of hydrogen-bond acceptors (Lipinski definition) is 4. The first kappa shape index (κ1) is 14.6. The van der Waals surface area contributed by atoms with E-state index in [9.17, 15) is 4.79 Å². The van der Waals surface area contributed by atoms with Crippen molar-refractivity contribution in [2.45, 2.75) is 6.42 Å². The quantitative estimate of drug-likeness (QED) is 0.787. The number of hydrogen-bond donors (Lipinski definition) is 1. The van der Waals surface area contributed by atoms with Gasteiger partial charge in [0.25, 0.3) is 5.91 Å². The van der Waals surface area contributed by atoms with E-state index in [-0.39, 0.29) is 5.91 Å². The molecule has 1 N–H and O–H groups in total. The molecule has 0 unspecified atom stereocenters. The second-order valence-electron chi connectivity index (χ2n) is 4.97. The van der Waals surface area contributed by atoms with Crippen molar-refractivity contribution in [3.8, 4) is 5.75 Å². The van der Waals surface area contributed by atoms with Crippen LogP contribution in [0.5, 0.6) is 5.75 Å². The molecule has 22 heavy (non-hydrogen) atoms. The Morgan fingerprint density at radius 3 is 3.05 bits per heavy atom. The number of nitrogens with zero attached hydrogens (tertiary/aromatic N) is 2. The Balaban J connectivity index is 1.78. The molecule has 0 aliphatic heterocycles. The molecule has 1 amide bonds. The Morgan fingerprint density at radius 2 is 2.32 bits per heavy atom. The fourth-order valence-electron chi connectivity index (χ4n) is 2.43. The van der Waals surface area contributed by atoms with Crippen LogP contribution in [0, 0.1) is 0 Å². The Bertz CT molecular complexity index is 793. The Morgan fingerprint density at radius 1 is 1.45 bits per heavy atom. The third-order valence-corrected chi connectivity index (χ3v) is 4.39. The second kappa shape index (κ2) is 6.19. The topological polar surface area (TPSA) is 56.1 Å². The number of carbonyl (C=O) groups excluding carboxylic acids is 1. The van der Waals surface area contributed by atoms with Crippen LogP contribution in [0.25, 0.3) is 10.9 Å². The first-order valence-electron chi connectivity index (χ1n) is 6.98. The van der Waals surface area contributed by atoms with Crippen LogP contribution in [-0.2, 0) is 13.5 Å². The van der Waals surface area contributed by atoms with Gasteiger partial charge in [-0.05, 0) is 18.2 Å².